The van der Waals surface area contributed by atoms with Gasteiger partial charge >= 0.3 is 0 Å². The smallest absolute Gasteiger partial charge is 0.231 e. The highest BCUT2D eigenvalue weighted by molar-refractivity contribution is 5.03. The fourth-order valence-electron chi connectivity index (χ4n) is 2.45. The van der Waals surface area contributed by atoms with E-state index in [1.165, 1.54) is 0 Å². The molecule has 5 nitrogen and oxygen atoms in total. The Morgan fingerprint density at radius 1 is 1.50 bits per heavy atom. The van der Waals surface area contributed by atoms with Crippen LogP contribution >= 0.6 is 0 Å². The Morgan fingerprint density at radius 3 is 2.83 bits per heavy atom. The van der Waals surface area contributed by atoms with Crippen LogP contribution in [-0.2, 0) is 4.74 Å². The van der Waals surface area contributed by atoms with Gasteiger partial charge in [-0.15, -0.1) is 0 Å². The van der Waals surface area contributed by atoms with Crippen molar-refractivity contribution < 1.29 is 9.26 Å². The van der Waals surface area contributed by atoms with E-state index in [2.05, 4.69) is 36.2 Å². The van der Waals surface area contributed by atoms with Crippen LogP contribution in [0.25, 0.3) is 0 Å². The predicted molar refractivity (Wildman–Crippen MR) is 68.3 cm³/mol. The molecule has 3 atom stereocenters. The van der Waals surface area contributed by atoms with Crippen LogP contribution in [0.4, 0.5) is 0 Å². The zero-order valence-corrected chi connectivity index (χ0v) is 11.6. The summed E-state index contributed by atoms with van der Waals surface area (Å²) in [7, 11) is 0. The van der Waals surface area contributed by atoms with E-state index < -0.39 is 0 Å². The SMILES string of the molecule is CCOC(c1noc(C2CCNC2C)n1)C(C)C. The molecule has 1 aliphatic rings. The van der Waals surface area contributed by atoms with Gasteiger partial charge in [0.25, 0.3) is 0 Å². The Kier molecular flexibility index (Phi) is 4.35. The Morgan fingerprint density at radius 2 is 2.28 bits per heavy atom. The molecule has 2 rings (SSSR count). The topological polar surface area (TPSA) is 60.2 Å². The molecule has 1 aromatic rings. The second-order valence-electron chi connectivity index (χ2n) is 5.25. The molecule has 0 aliphatic carbocycles. The summed E-state index contributed by atoms with van der Waals surface area (Å²) in [6.45, 7) is 10.0. The zero-order valence-electron chi connectivity index (χ0n) is 11.6. The van der Waals surface area contributed by atoms with Crippen molar-refractivity contribution in [3.63, 3.8) is 0 Å². The van der Waals surface area contributed by atoms with Gasteiger partial charge in [-0.1, -0.05) is 19.0 Å². The largest absolute Gasteiger partial charge is 0.370 e. The van der Waals surface area contributed by atoms with Gasteiger partial charge in [-0.3, -0.25) is 0 Å². The van der Waals surface area contributed by atoms with Crippen LogP contribution in [0.1, 0.15) is 57.9 Å². The van der Waals surface area contributed by atoms with Crippen molar-refractivity contribution in [1.29, 1.82) is 0 Å². The number of hydrogen-bond acceptors (Lipinski definition) is 5. The lowest BCUT2D eigenvalue weighted by Gasteiger charge is -2.16. The molecule has 3 unspecified atom stereocenters. The maximum absolute atomic E-state index is 5.69. The van der Waals surface area contributed by atoms with Crippen LogP contribution in [-0.4, -0.2) is 29.3 Å². The van der Waals surface area contributed by atoms with Crippen molar-refractivity contribution in [2.24, 2.45) is 5.92 Å². The summed E-state index contributed by atoms with van der Waals surface area (Å²) in [6, 6.07) is 0.405. The van der Waals surface area contributed by atoms with Gasteiger partial charge < -0.3 is 14.6 Å². The van der Waals surface area contributed by atoms with E-state index in [4.69, 9.17) is 9.26 Å². The normalized spacial score (nSPS) is 25.8. The molecule has 1 saturated heterocycles. The molecule has 0 spiro atoms. The van der Waals surface area contributed by atoms with Crippen molar-refractivity contribution in [2.45, 2.75) is 52.2 Å². The van der Waals surface area contributed by atoms with E-state index in [0.717, 1.165) is 18.9 Å². The summed E-state index contributed by atoms with van der Waals surface area (Å²) in [6.07, 6.45) is 0.987. The van der Waals surface area contributed by atoms with E-state index in [1.54, 1.807) is 0 Å². The van der Waals surface area contributed by atoms with Crippen molar-refractivity contribution in [3.05, 3.63) is 11.7 Å². The van der Waals surface area contributed by atoms with Crippen molar-refractivity contribution in [3.8, 4) is 0 Å². The average molecular weight is 253 g/mol. The minimum absolute atomic E-state index is 0.0721. The van der Waals surface area contributed by atoms with Crippen LogP contribution in [0.3, 0.4) is 0 Å². The Hall–Kier alpha value is -0.940. The van der Waals surface area contributed by atoms with Crippen LogP contribution in [0, 0.1) is 5.92 Å². The molecule has 18 heavy (non-hydrogen) atoms. The second kappa shape index (κ2) is 5.80. The van der Waals surface area contributed by atoms with E-state index >= 15 is 0 Å². The Bertz CT molecular complexity index is 378. The molecule has 0 radical (unpaired) electrons. The predicted octanol–water partition coefficient (Wildman–Crippen LogP) is 2.27. The summed E-state index contributed by atoms with van der Waals surface area (Å²) >= 11 is 0. The third-order valence-electron chi connectivity index (χ3n) is 3.51. The van der Waals surface area contributed by atoms with Crippen LogP contribution in [0.15, 0.2) is 4.52 Å². The number of rotatable bonds is 5. The van der Waals surface area contributed by atoms with Gasteiger partial charge in [-0.05, 0) is 32.7 Å². The molecule has 1 aliphatic heterocycles. The quantitative estimate of drug-likeness (QED) is 0.872. The molecule has 1 fully saturated rings. The minimum Gasteiger partial charge on any atom is -0.370 e. The van der Waals surface area contributed by atoms with Crippen LogP contribution < -0.4 is 5.32 Å². The van der Waals surface area contributed by atoms with Gasteiger partial charge in [0, 0.05) is 12.6 Å². The lowest BCUT2D eigenvalue weighted by molar-refractivity contribution is 0.0217. The zero-order chi connectivity index (χ0) is 13.1. The molecule has 1 aromatic heterocycles. The standard InChI is InChI=1S/C13H23N3O2/c1-5-17-11(8(2)3)12-15-13(18-16-12)10-6-7-14-9(10)4/h8-11,14H,5-7H2,1-4H3. The first-order chi connectivity index (χ1) is 8.63. The minimum atomic E-state index is -0.0721. The summed E-state index contributed by atoms with van der Waals surface area (Å²) in [5, 5.41) is 7.49. The van der Waals surface area contributed by atoms with Crippen molar-refractivity contribution in [2.75, 3.05) is 13.2 Å². The highest BCUT2D eigenvalue weighted by Crippen LogP contribution is 2.29. The molecule has 1 N–H and O–H groups in total. The molecular weight excluding hydrogens is 230 g/mol. The lowest BCUT2D eigenvalue weighted by Crippen LogP contribution is -2.21. The molecule has 102 valence electrons. The summed E-state index contributed by atoms with van der Waals surface area (Å²) in [5.41, 5.74) is 0. The molecule has 5 heteroatoms. The summed E-state index contributed by atoms with van der Waals surface area (Å²) in [4.78, 5) is 4.54. The maximum Gasteiger partial charge on any atom is 0.231 e. The number of ether oxygens (including phenoxy) is 1. The Balaban J connectivity index is 2.13. The van der Waals surface area contributed by atoms with Gasteiger partial charge in [0.15, 0.2) is 0 Å². The number of aromatic nitrogens is 2. The van der Waals surface area contributed by atoms with Gasteiger partial charge in [0.2, 0.25) is 11.7 Å². The molecule has 0 saturated carbocycles. The molecular formula is C13H23N3O2. The number of nitrogens with zero attached hydrogens (tertiary/aromatic N) is 2. The Labute approximate surface area is 108 Å². The van der Waals surface area contributed by atoms with Gasteiger partial charge in [-0.2, -0.15) is 4.98 Å². The molecule has 2 heterocycles. The van der Waals surface area contributed by atoms with Crippen LogP contribution in [0.2, 0.25) is 0 Å². The molecule has 0 aromatic carbocycles. The highest BCUT2D eigenvalue weighted by atomic mass is 16.5. The average Bonchev–Trinajstić information content (AvgIpc) is 2.93. The van der Waals surface area contributed by atoms with Crippen LogP contribution in [0.5, 0.6) is 0 Å². The van der Waals surface area contributed by atoms with Gasteiger partial charge in [-0.25, -0.2) is 0 Å². The molecule has 0 bridgehead atoms. The lowest BCUT2D eigenvalue weighted by atomic mass is 10.0. The highest BCUT2D eigenvalue weighted by Gasteiger charge is 2.31. The second-order valence-corrected chi connectivity index (χ2v) is 5.25. The van der Waals surface area contributed by atoms with Gasteiger partial charge in [0.05, 0.1) is 5.92 Å². The van der Waals surface area contributed by atoms with E-state index in [9.17, 15) is 0 Å². The number of nitrogens with one attached hydrogen (secondary N) is 1. The van der Waals surface area contributed by atoms with E-state index in [0.29, 0.717) is 30.3 Å². The van der Waals surface area contributed by atoms with Crippen molar-refractivity contribution in [1.82, 2.24) is 15.5 Å². The third-order valence-corrected chi connectivity index (χ3v) is 3.51. The monoisotopic (exact) mass is 253 g/mol. The summed E-state index contributed by atoms with van der Waals surface area (Å²) < 4.78 is 11.1. The fraction of sp³-hybridized carbons (Fsp3) is 0.846. The first-order valence-electron chi connectivity index (χ1n) is 6.82. The first-order valence-corrected chi connectivity index (χ1v) is 6.82. The van der Waals surface area contributed by atoms with Crippen molar-refractivity contribution >= 4 is 0 Å². The van der Waals surface area contributed by atoms with Gasteiger partial charge in [0.1, 0.15) is 6.10 Å². The first kappa shape index (κ1) is 13.5. The van der Waals surface area contributed by atoms with E-state index in [-0.39, 0.29) is 6.10 Å². The van der Waals surface area contributed by atoms with E-state index in [1.807, 2.05) is 6.92 Å². The summed E-state index contributed by atoms with van der Waals surface area (Å²) in [5.74, 6) is 2.10. The third kappa shape index (κ3) is 2.72. The number of hydrogen-bond donors (Lipinski definition) is 1. The maximum atomic E-state index is 5.69. The molecule has 0 amide bonds. The fourth-order valence-corrected chi connectivity index (χ4v) is 2.45.